The van der Waals surface area contributed by atoms with Crippen molar-refractivity contribution in [1.82, 2.24) is 0 Å². The lowest BCUT2D eigenvalue weighted by Crippen LogP contribution is -2.55. The van der Waals surface area contributed by atoms with Crippen LogP contribution in [-0.4, -0.2) is 55.8 Å². The molecule has 3 rings (SSSR count). The van der Waals surface area contributed by atoms with Crippen LogP contribution < -0.4 is 0 Å². The van der Waals surface area contributed by atoms with Crippen molar-refractivity contribution >= 4 is 16.1 Å². The van der Waals surface area contributed by atoms with Crippen LogP contribution in [0.2, 0.25) is 0 Å². The molecule has 8 nitrogen and oxygen atoms in total. The monoisotopic (exact) mass is 408 g/mol. The molecule has 2 aromatic carbocycles. The van der Waals surface area contributed by atoms with Crippen LogP contribution in [0.1, 0.15) is 15.9 Å². The molecule has 150 valence electrons. The van der Waals surface area contributed by atoms with Crippen molar-refractivity contribution in [3.63, 3.8) is 0 Å². The molecule has 2 aromatic rings. The molecule has 1 saturated heterocycles. The summed E-state index contributed by atoms with van der Waals surface area (Å²) in [6.45, 7) is 1.48. The summed E-state index contributed by atoms with van der Waals surface area (Å²) in [7, 11) is -4.29. The molecule has 0 bridgehead atoms. The van der Waals surface area contributed by atoms with Crippen LogP contribution in [0.5, 0.6) is 0 Å². The van der Waals surface area contributed by atoms with Crippen molar-refractivity contribution < 1.29 is 37.1 Å². The van der Waals surface area contributed by atoms with Crippen molar-refractivity contribution in [3.05, 3.63) is 65.7 Å². The topological polar surface area (TPSA) is 119 Å². The van der Waals surface area contributed by atoms with Gasteiger partial charge in [-0.25, -0.2) is 4.79 Å². The van der Waals surface area contributed by atoms with E-state index in [9.17, 15) is 23.4 Å². The first-order valence-corrected chi connectivity index (χ1v) is 9.92. The fourth-order valence-electron chi connectivity index (χ4n) is 2.66. The zero-order valence-electron chi connectivity index (χ0n) is 15.0. The van der Waals surface area contributed by atoms with E-state index in [1.54, 1.807) is 37.3 Å². The van der Waals surface area contributed by atoms with Gasteiger partial charge in [-0.05, 0) is 31.2 Å². The van der Waals surface area contributed by atoms with Gasteiger partial charge in [0.1, 0.15) is 6.10 Å². The quantitative estimate of drug-likeness (QED) is 0.556. The van der Waals surface area contributed by atoms with Gasteiger partial charge in [-0.15, -0.1) is 0 Å². The lowest BCUT2D eigenvalue weighted by atomic mass is 10.1. The molecule has 0 amide bonds. The summed E-state index contributed by atoms with van der Waals surface area (Å²) in [4.78, 5) is 12.0. The summed E-state index contributed by atoms with van der Waals surface area (Å²) >= 11 is 0. The number of esters is 1. The molecule has 0 radical (unpaired) electrons. The van der Waals surface area contributed by atoms with Gasteiger partial charge in [0.05, 0.1) is 17.1 Å². The second-order valence-corrected chi connectivity index (χ2v) is 7.92. The van der Waals surface area contributed by atoms with E-state index in [1.165, 1.54) is 24.3 Å². The van der Waals surface area contributed by atoms with Gasteiger partial charge in [0, 0.05) is 0 Å². The van der Waals surface area contributed by atoms with Crippen LogP contribution in [-0.2, 0) is 23.8 Å². The van der Waals surface area contributed by atoms with E-state index in [1.807, 2.05) is 0 Å². The number of aryl methyl sites for hydroxylation is 1. The Morgan fingerprint density at radius 1 is 1.07 bits per heavy atom. The van der Waals surface area contributed by atoms with Crippen LogP contribution in [0.3, 0.4) is 0 Å². The highest BCUT2D eigenvalue weighted by Gasteiger charge is 2.44. The largest absolute Gasteiger partial charge is 0.453 e. The number of benzene rings is 2. The third kappa shape index (κ3) is 4.57. The summed E-state index contributed by atoms with van der Waals surface area (Å²) in [6, 6.07) is 14.0. The molecule has 1 aliphatic rings. The summed E-state index contributed by atoms with van der Waals surface area (Å²) in [5.74, 6) is -0.718. The fourth-order valence-corrected chi connectivity index (χ4v) is 3.74. The second-order valence-electron chi connectivity index (χ2n) is 6.35. The molecule has 1 fully saturated rings. The molecule has 2 N–H and O–H groups in total. The number of carbonyl (C=O) groups excluding carboxylic acids is 1. The summed E-state index contributed by atoms with van der Waals surface area (Å²) < 4.78 is 40.1. The van der Waals surface area contributed by atoms with Gasteiger partial charge in [0.15, 0.2) is 18.5 Å². The van der Waals surface area contributed by atoms with Crippen LogP contribution in [0, 0.1) is 6.92 Å². The normalized spacial score (nSPS) is 25.2. The molecular weight excluding hydrogens is 388 g/mol. The highest BCUT2D eigenvalue weighted by molar-refractivity contribution is 7.86. The maximum Gasteiger partial charge on any atom is 0.338 e. The molecule has 4 atom stereocenters. The highest BCUT2D eigenvalue weighted by atomic mass is 32.2. The Kier molecular flexibility index (Phi) is 6.11. The average Bonchev–Trinajstić information content (AvgIpc) is 2.68. The number of aliphatic hydroxyl groups excluding tert-OH is 2. The molecule has 0 spiro atoms. The van der Waals surface area contributed by atoms with E-state index >= 15 is 0 Å². The minimum atomic E-state index is -4.29. The van der Waals surface area contributed by atoms with Crippen LogP contribution in [0.25, 0.3) is 0 Å². The Hall–Kier alpha value is -2.30. The van der Waals surface area contributed by atoms with Gasteiger partial charge in [0.2, 0.25) is 0 Å². The first-order chi connectivity index (χ1) is 13.3. The Morgan fingerprint density at radius 2 is 1.71 bits per heavy atom. The number of hydrogen-bond donors (Lipinski definition) is 2. The van der Waals surface area contributed by atoms with Crippen molar-refractivity contribution in [2.75, 3.05) is 6.61 Å². The molecule has 28 heavy (non-hydrogen) atoms. The maximum absolute atomic E-state index is 12.4. The molecule has 0 saturated carbocycles. The van der Waals surface area contributed by atoms with Crippen molar-refractivity contribution in [2.45, 2.75) is 36.4 Å². The number of hydrogen-bond acceptors (Lipinski definition) is 8. The smallest absolute Gasteiger partial charge is 0.338 e. The van der Waals surface area contributed by atoms with Crippen LogP contribution >= 0.6 is 0 Å². The molecule has 9 heteroatoms. The van der Waals surface area contributed by atoms with Crippen LogP contribution in [0.15, 0.2) is 59.5 Å². The Balaban J connectivity index is 1.73. The Labute approximate surface area is 162 Å². The number of carbonyl (C=O) groups is 1. The zero-order valence-corrected chi connectivity index (χ0v) is 15.8. The average molecular weight is 408 g/mol. The first-order valence-electron chi connectivity index (χ1n) is 8.51. The molecule has 1 heterocycles. The molecule has 0 unspecified atom stereocenters. The summed E-state index contributed by atoms with van der Waals surface area (Å²) in [6.07, 6.45) is -6.19. The number of aliphatic hydroxyl groups is 2. The van der Waals surface area contributed by atoms with Crippen molar-refractivity contribution in [1.29, 1.82) is 0 Å². The van der Waals surface area contributed by atoms with Gasteiger partial charge in [-0.1, -0.05) is 35.9 Å². The lowest BCUT2D eigenvalue weighted by molar-refractivity contribution is -0.243. The third-order valence-corrected chi connectivity index (χ3v) is 5.57. The summed E-state index contributed by atoms with van der Waals surface area (Å²) in [5, 5.41) is 20.4. The lowest BCUT2D eigenvalue weighted by Gasteiger charge is -2.36. The highest BCUT2D eigenvalue weighted by Crippen LogP contribution is 2.25. The second kappa shape index (κ2) is 8.38. The van der Waals surface area contributed by atoms with E-state index in [2.05, 4.69) is 0 Å². The number of ether oxygens (including phenoxy) is 2. The van der Waals surface area contributed by atoms with E-state index in [4.69, 9.17) is 13.7 Å². The van der Waals surface area contributed by atoms with E-state index in [-0.39, 0.29) is 17.1 Å². The Bertz CT molecular complexity index is 911. The van der Waals surface area contributed by atoms with Gasteiger partial charge < -0.3 is 19.7 Å². The molecular formula is C19H20O8S. The first kappa shape index (κ1) is 20.4. The van der Waals surface area contributed by atoms with E-state index < -0.39 is 40.7 Å². The minimum absolute atomic E-state index is 0.138. The van der Waals surface area contributed by atoms with Gasteiger partial charge in [-0.2, -0.15) is 8.42 Å². The predicted molar refractivity (Wildman–Crippen MR) is 96.8 cm³/mol. The SMILES string of the molecule is Cc1ccc(S(=O)(=O)O[C@@H]2[C@@H](O)[C@H](OC(=O)c3ccccc3)CO[C@H]2O)cc1. The maximum atomic E-state index is 12.4. The van der Waals surface area contributed by atoms with E-state index in [0.717, 1.165) is 5.56 Å². The van der Waals surface area contributed by atoms with Crippen molar-refractivity contribution in [2.24, 2.45) is 0 Å². The summed E-state index contributed by atoms with van der Waals surface area (Å²) in [5.41, 5.74) is 1.11. The minimum Gasteiger partial charge on any atom is -0.453 e. The zero-order chi connectivity index (χ0) is 20.3. The number of rotatable bonds is 5. The van der Waals surface area contributed by atoms with Crippen molar-refractivity contribution in [3.8, 4) is 0 Å². The van der Waals surface area contributed by atoms with Gasteiger partial charge >= 0.3 is 5.97 Å². The molecule has 0 aliphatic carbocycles. The predicted octanol–water partition coefficient (Wildman–Crippen LogP) is 1.00. The standard InChI is InChI=1S/C19H20O8S/c1-12-7-9-14(10-8-12)28(23,24)27-17-16(20)15(11-25-19(17)22)26-18(21)13-5-3-2-4-6-13/h2-10,15-17,19-20,22H,11H2,1H3/t15-,16+,17-,19-/m1/s1. The fraction of sp³-hybridized carbons (Fsp3) is 0.316. The molecule has 1 aliphatic heterocycles. The van der Waals surface area contributed by atoms with E-state index in [0.29, 0.717) is 0 Å². The van der Waals surface area contributed by atoms with Crippen LogP contribution in [0.4, 0.5) is 0 Å². The van der Waals surface area contributed by atoms with Gasteiger partial charge in [0.25, 0.3) is 10.1 Å². The van der Waals surface area contributed by atoms with Gasteiger partial charge in [-0.3, -0.25) is 4.18 Å². The molecule has 0 aromatic heterocycles. The third-order valence-electron chi connectivity index (χ3n) is 4.25. The Morgan fingerprint density at radius 3 is 2.36 bits per heavy atom.